The van der Waals surface area contributed by atoms with Gasteiger partial charge < -0.3 is 4.74 Å². The number of methoxy groups -OCH3 is 1. The highest BCUT2D eigenvalue weighted by Gasteiger charge is 1.99. The minimum atomic E-state index is 0.761. The second-order valence-corrected chi connectivity index (χ2v) is 2.74. The molecular weight excluding hydrogens is 124 g/mol. The molecule has 0 saturated carbocycles. The highest BCUT2D eigenvalue weighted by atomic mass is 16.5. The molecule has 1 nitrogen and oxygen atoms in total. The van der Waals surface area contributed by atoms with Crippen molar-refractivity contribution in [2.45, 2.75) is 19.8 Å². The first-order valence-corrected chi connectivity index (χ1v) is 3.68. The molecule has 0 N–H and O–H groups in total. The van der Waals surface area contributed by atoms with Gasteiger partial charge in [-0.3, -0.25) is 0 Å². The Labute approximate surface area is 62.4 Å². The summed E-state index contributed by atoms with van der Waals surface area (Å²) >= 11 is 0. The molecule has 0 spiro atoms. The predicted octanol–water partition coefficient (Wildman–Crippen LogP) is 2.30. The summed E-state index contributed by atoms with van der Waals surface area (Å²) < 4.78 is 5.02. The van der Waals surface area contributed by atoms with E-state index in [0.29, 0.717) is 0 Å². The van der Waals surface area contributed by atoms with Gasteiger partial charge in [0, 0.05) is 7.11 Å². The Hall–Kier alpha value is -0.560. The van der Waals surface area contributed by atoms with E-state index in [-0.39, 0.29) is 0 Å². The Balaban J connectivity index is 2.51. The first-order valence-electron chi connectivity index (χ1n) is 3.68. The van der Waals surface area contributed by atoms with Gasteiger partial charge in [0.25, 0.3) is 0 Å². The highest BCUT2D eigenvalue weighted by Crippen LogP contribution is 2.16. The lowest BCUT2D eigenvalue weighted by Gasteiger charge is -2.08. The van der Waals surface area contributed by atoms with Gasteiger partial charge in [0.05, 0.1) is 6.61 Å². The van der Waals surface area contributed by atoms with Crippen molar-refractivity contribution in [2.75, 3.05) is 13.7 Å². The maximum absolute atomic E-state index is 5.02. The molecule has 0 aromatic rings. The molecule has 10 heavy (non-hydrogen) atoms. The van der Waals surface area contributed by atoms with Crippen LogP contribution >= 0.6 is 0 Å². The molecule has 0 amide bonds. The van der Waals surface area contributed by atoms with Gasteiger partial charge in [-0.15, -0.1) is 0 Å². The molecule has 1 aliphatic carbocycles. The zero-order valence-electron chi connectivity index (χ0n) is 6.68. The minimum Gasteiger partial charge on any atom is -0.380 e. The summed E-state index contributed by atoms with van der Waals surface area (Å²) in [7, 11) is 1.73. The molecule has 0 saturated heterocycles. The van der Waals surface area contributed by atoms with Crippen molar-refractivity contribution in [1.29, 1.82) is 0 Å². The van der Waals surface area contributed by atoms with Gasteiger partial charge in [-0.1, -0.05) is 17.7 Å². The molecule has 0 atom stereocenters. The van der Waals surface area contributed by atoms with Crippen molar-refractivity contribution < 1.29 is 4.74 Å². The molecule has 0 bridgehead atoms. The Morgan fingerprint density at radius 2 is 2.40 bits per heavy atom. The van der Waals surface area contributed by atoms with Crippen LogP contribution in [0, 0.1) is 0 Å². The van der Waals surface area contributed by atoms with Crippen LogP contribution in [0.2, 0.25) is 0 Å². The van der Waals surface area contributed by atoms with Crippen LogP contribution in [-0.2, 0) is 4.74 Å². The van der Waals surface area contributed by atoms with Crippen molar-refractivity contribution >= 4 is 0 Å². The minimum absolute atomic E-state index is 0.761. The van der Waals surface area contributed by atoms with E-state index >= 15 is 0 Å². The standard InChI is InChI=1S/C9H14O/c1-8-4-3-5-9(6-8)7-10-2/h5-6H,3-4,7H2,1-2H3. The van der Waals surface area contributed by atoms with E-state index in [0.717, 1.165) is 6.61 Å². The molecule has 0 radical (unpaired) electrons. The average molecular weight is 138 g/mol. The van der Waals surface area contributed by atoms with Crippen LogP contribution in [0.1, 0.15) is 19.8 Å². The van der Waals surface area contributed by atoms with Crippen LogP contribution < -0.4 is 0 Å². The molecule has 0 aliphatic heterocycles. The van der Waals surface area contributed by atoms with Crippen LogP contribution in [0.3, 0.4) is 0 Å². The van der Waals surface area contributed by atoms with Crippen LogP contribution in [0.5, 0.6) is 0 Å². The van der Waals surface area contributed by atoms with Gasteiger partial charge in [0.15, 0.2) is 0 Å². The summed E-state index contributed by atoms with van der Waals surface area (Å²) in [6.45, 7) is 2.93. The van der Waals surface area contributed by atoms with Crippen molar-refractivity contribution in [3.63, 3.8) is 0 Å². The van der Waals surface area contributed by atoms with Crippen molar-refractivity contribution in [3.8, 4) is 0 Å². The molecule has 0 fully saturated rings. The smallest absolute Gasteiger partial charge is 0.0710 e. The summed E-state index contributed by atoms with van der Waals surface area (Å²) in [5, 5.41) is 0. The van der Waals surface area contributed by atoms with Gasteiger partial charge in [0.2, 0.25) is 0 Å². The molecule has 1 aliphatic rings. The fourth-order valence-electron chi connectivity index (χ4n) is 1.20. The fraction of sp³-hybridized carbons (Fsp3) is 0.556. The predicted molar refractivity (Wildman–Crippen MR) is 43.0 cm³/mol. The summed E-state index contributed by atoms with van der Waals surface area (Å²) in [5.74, 6) is 0. The van der Waals surface area contributed by atoms with E-state index in [1.54, 1.807) is 7.11 Å². The lowest BCUT2D eigenvalue weighted by atomic mass is 10.0. The van der Waals surface area contributed by atoms with Gasteiger partial charge in [-0.25, -0.2) is 0 Å². The maximum Gasteiger partial charge on any atom is 0.0710 e. The third kappa shape index (κ3) is 1.99. The first kappa shape index (κ1) is 7.55. The van der Waals surface area contributed by atoms with E-state index in [1.165, 1.54) is 24.0 Å². The monoisotopic (exact) mass is 138 g/mol. The molecule has 0 aromatic carbocycles. The summed E-state index contributed by atoms with van der Waals surface area (Å²) in [4.78, 5) is 0. The molecule has 0 unspecified atom stereocenters. The van der Waals surface area contributed by atoms with Gasteiger partial charge in [-0.2, -0.15) is 0 Å². The van der Waals surface area contributed by atoms with Crippen LogP contribution in [-0.4, -0.2) is 13.7 Å². The Morgan fingerprint density at radius 1 is 1.60 bits per heavy atom. The molecular formula is C9H14O. The lowest BCUT2D eigenvalue weighted by molar-refractivity contribution is 0.227. The fourth-order valence-corrected chi connectivity index (χ4v) is 1.20. The second-order valence-electron chi connectivity index (χ2n) is 2.74. The average Bonchev–Trinajstić information content (AvgIpc) is 1.88. The highest BCUT2D eigenvalue weighted by molar-refractivity contribution is 5.26. The number of hydrogen-bond acceptors (Lipinski definition) is 1. The third-order valence-corrected chi connectivity index (χ3v) is 1.69. The summed E-state index contributed by atoms with van der Waals surface area (Å²) in [5.41, 5.74) is 2.79. The molecule has 1 rings (SSSR count). The number of ether oxygens (including phenoxy) is 1. The molecule has 0 aromatic heterocycles. The summed E-state index contributed by atoms with van der Waals surface area (Å²) in [6.07, 6.45) is 6.86. The number of rotatable bonds is 2. The maximum atomic E-state index is 5.02. The van der Waals surface area contributed by atoms with Crippen molar-refractivity contribution in [3.05, 3.63) is 23.3 Å². The van der Waals surface area contributed by atoms with Crippen LogP contribution in [0.25, 0.3) is 0 Å². The van der Waals surface area contributed by atoms with E-state index in [2.05, 4.69) is 19.1 Å². The topological polar surface area (TPSA) is 9.23 Å². The second kappa shape index (κ2) is 3.57. The van der Waals surface area contributed by atoms with E-state index in [1.807, 2.05) is 0 Å². The van der Waals surface area contributed by atoms with E-state index < -0.39 is 0 Å². The van der Waals surface area contributed by atoms with Crippen molar-refractivity contribution in [2.24, 2.45) is 0 Å². The Morgan fingerprint density at radius 3 is 3.00 bits per heavy atom. The van der Waals surface area contributed by atoms with E-state index in [4.69, 9.17) is 4.74 Å². The Kier molecular flexibility index (Phi) is 2.69. The Bertz CT molecular complexity index is 166. The SMILES string of the molecule is COCC1=CCCC(C)=C1. The van der Waals surface area contributed by atoms with Gasteiger partial charge >= 0.3 is 0 Å². The van der Waals surface area contributed by atoms with Gasteiger partial charge in [-0.05, 0) is 25.3 Å². The van der Waals surface area contributed by atoms with E-state index in [9.17, 15) is 0 Å². The molecule has 0 heterocycles. The molecule has 1 heteroatoms. The third-order valence-electron chi connectivity index (χ3n) is 1.69. The number of hydrogen-bond donors (Lipinski definition) is 0. The normalized spacial score (nSPS) is 18.2. The largest absolute Gasteiger partial charge is 0.380 e. The first-order chi connectivity index (χ1) is 4.83. The van der Waals surface area contributed by atoms with Gasteiger partial charge in [0.1, 0.15) is 0 Å². The summed E-state index contributed by atoms with van der Waals surface area (Å²) in [6, 6.07) is 0. The zero-order valence-corrected chi connectivity index (χ0v) is 6.68. The molecule has 56 valence electrons. The quantitative estimate of drug-likeness (QED) is 0.569. The van der Waals surface area contributed by atoms with Crippen LogP contribution in [0.4, 0.5) is 0 Å². The van der Waals surface area contributed by atoms with Crippen LogP contribution in [0.15, 0.2) is 23.3 Å². The van der Waals surface area contributed by atoms with Crippen molar-refractivity contribution in [1.82, 2.24) is 0 Å². The zero-order chi connectivity index (χ0) is 7.40. The lowest BCUT2D eigenvalue weighted by Crippen LogP contribution is -1.96. The number of allylic oxidation sites excluding steroid dienone is 2.